The zero-order valence-electron chi connectivity index (χ0n) is 20.9. The van der Waals surface area contributed by atoms with Gasteiger partial charge in [0.1, 0.15) is 18.1 Å². The molecular weight excluding hydrogens is 472 g/mol. The van der Waals surface area contributed by atoms with Gasteiger partial charge in [-0.05, 0) is 42.5 Å². The maximum Gasteiger partial charge on any atom is 0.325 e. The molecule has 2 aliphatic heterocycles. The Morgan fingerprint density at radius 3 is 2.49 bits per heavy atom. The second kappa shape index (κ2) is 9.38. The zero-order chi connectivity index (χ0) is 26.4. The molecule has 2 aliphatic rings. The molecule has 1 aromatic heterocycles. The highest BCUT2D eigenvalue weighted by molar-refractivity contribution is 6.04. The van der Waals surface area contributed by atoms with Gasteiger partial charge in [-0.25, -0.2) is 0 Å². The summed E-state index contributed by atoms with van der Waals surface area (Å²) in [5, 5.41) is 15.5. The highest BCUT2D eigenvalue weighted by atomic mass is 16.4. The fourth-order valence-electron chi connectivity index (χ4n) is 5.48. The third-order valence-electron chi connectivity index (χ3n) is 7.22. The number of rotatable bonds is 7. The van der Waals surface area contributed by atoms with Gasteiger partial charge in [-0.15, -0.1) is 0 Å². The Bertz CT molecular complexity index is 1410. The summed E-state index contributed by atoms with van der Waals surface area (Å²) in [7, 11) is 0. The van der Waals surface area contributed by atoms with Crippen LogP contribution in [-0.4, -0.2) is 56.8 Å². The van der Waals surface area contributed by atoms with Crippen LogP contribution in [0.2, 0.25) is 0 Å². The van der Waals surface area contributed by atoms with Gasteiger partial charge in [-0.3, -0.25) is 19.2 Å². The van der Waals surface area contributed by atoms with Crippen LogP contribution in [0.3, 0.4) is 0 Å². The molecule has 0 fully saturated rings. The molecule has 5 rings (SSSR count). The van der Waals surface area contributed by atoms with E-state index in [0.717, 1.165) is 27.7 Å². The maximum atomic E-state index is 13.8. The molecule has 9 heteroatoms. The maximum absolute atomic E-state index is 13.8. The van der Waals surface area contributed by atoms with Gasteiger partial charge < -0.3 is 25.6 Å². The average Bonchev–Trinajstić information content (AvgIpc) is 3.38. The molecule has 1 unspecified atom stereocenters. The number of aliphatic carboxylic acids is 1. The van der Waals surface area contributed by atoms with E-state index < -0.39 is 42.0 Å². The van der Waals surface area contributed by atoms with Crippen LogP contribution in [0.25, 0.3) is 10.9 Å². The molecule has 0 spiro atoms. The molecule has 0 saturated heterocycles. The number of aromatic amines is 1. The molecule has 3 amide bonds. The predicted octanol–water partition coefficient (Wildman–Crippen LogP) is 2.76. The standard InChI is InChI=1S/C28H30N4O5/c1-14(2)12-21(25(33)29-15(3)28(36)37)31-26(34)22-13-19-16-8-6-7-11-20(16)30-23(19)24-17-9-4-5-10-18(17)27(35)32(22)24/h4-11,14-15,21-22,24,30H,12-13H2,1-3H3,(H,29,33)(H,31,34)(H,36,37)/t15-,21+,22+,24?/m1/s1. The summed E-state index contributed by atoms with van der Waals surface area (Å²) < 4.78 is 0. The average molecular weight is 503 g/mol. The van der Waals surface area contributed by atoms with Crippen molar-refractivity contribution in [2.75, 3.05) is 0 Å². The first-order chi connectivity index (χ1) is 17.7. The number of hydrogen-bond acceptors (Lipinski definition) is 4. The van der Waals surface area contributed by atoms with Crippen molar-refractivity contribution in [2.24, 2.45) is 5.92 Å². The van der Waals surface area contributed by atoms with Crippen molar-refractivity contribution in [2.45, 2.75) is 57.8 Å². The van der Waals surface area contributed by atoms with Crippen LogP contribution in [0, 0.1) is 5.92 Å². The monoisotopic (exact) mass is 502 g/mol. The van der Waals surface area contributed by atoms with Crippen LogP contribution in [0.4, 0.5) is 0 Å². The van der Waals surface area contributed by atoms with Crippen LogP contribution < -0.4 is 10.6 Å². The van der Waals surface area contributed by atoms with Crippen LogP contribution in [0.15, 0.2) is 48.5 Å². The van der Waals surface area contributed by atoms with Crippen LogP contribution in [0.5, 0.6) is 0 Å². The number of H-pyrrole nitrogens is 1. The summed E-state index contributed by atoms with van der Waals surface area (Å²) in [6.45, 7) is 5.21. The Morgan fingerprint density at radius 2 is 1.76 bits per heavy atom. The highest BCUT2D eigenvalue weighted by Crippen LogP contribution is 2.46. The SMILES string of the molecule is CC(C)C[C@H](NC(=O)[C@@H]1Cc2c([nH]c3ccccc23)C2c3ccccc3C(=O)N21)C(=O)N[C@H](C)C(=O)O. The number of carboxylic acid groups (broad SMARTS) is 1. The molecule has 4 atom stereocenters. The Labute approximate surface area is 214 Å². The number of carbonyl (C=O) groups is 4. The lowest BCUT2D eigenvalue weighted by Gasteiger charge is -2.38. The van der Waals surface area contributed by atoms with Crippen molar-refractivity contribution in [3.05, 3.63) is 70.9 Å². The van der Waals surface area contributed by atoms with Crippen LogP contribution >= 0.6 is 0 Å². The molecule has 192 valence electrons. The number of nitrogens with zero attached hydrogens (tertiary/aromatic N) is 1. The minimum absolute atomic E-state index is 0.0631. The Hall–Kier alpha value is -4.14. The lowest BCUT2D eigenvalue weighted by atomic mass is 9.89. The lowest BCUT2D eigenvalue weighted by molar-refractivity contribution is -0.141. The van der Waals surface area contributed by atoms with E-state index in [1.54, 1.807) is 11.0 Å². The molecule has 0 saturated carbocycles. The fourth-order valence-corrected chi connectivity index (χ4v) is 5.48. The molecule has 0 radical (unpaired) electrons. The number of hydrogen-bond donors (Lipinski definition) is 4. The first kappa shape index (κ1) is 24.5. The van der Waals surface area contributed by atoms with Gasteiger partial charge in [0.2, 0.25) is 11.8 Å². The van der Waals surface area contributed by atoms with Crippen molar-refractivity contribution in [1.82, 2.24) is 20.5 Å². The minimum atomic E-state index is -1.16. The molecule has 2 aromatic carbocycles. The van der Waals surface area contributed by atoms with Crippen molar-refractivity contribution >= 4 is 34.6 Å². The summed E-state index contributed by atoms with van der Waals surface area (Å²) in [5.41, 5.74) is 4.21. The van der Waals surface area contributed by atoms with Gasteiger partial charge >= 0.3 is 5.97 Å². The summed E-state index contributed by atoms with van der Waals surface area (Å²) in [6, 6.07) is 11.9. The van der Waals surface area contributed by atoms with E-state index in [4.69, 9.17) is 0 Å². The quantitative estimate of drug-likeness (QED) is 0.395. The van der Waals surface area contributed by atoms with Crippen molar-refractivity contribution < 1.29 is 24.3 Å². The van der Waals surface area contributed by atoms with Crippen molar-refractivity contribution in [1.29, 1.82) is 0 Å². The van der Waals surface area contributed by atoms with Gasteiger partial charge in [0.15, 0.2) is 0 Å². The zero-order valence-corrected chi connectivity index (χ0v) is 20.9. The largest absolute Gasteiger partial charge is 0.480 e. The molecule has 37 heavy (non-hydrogen) atoms. The molecule has 3 heterocycles. The van der Waals surface area contributed by atoms with E-state index in [0.29, 0.717) is 18.4 Å². The van der Waals surface area contributed by atoms with Gasteiger partial charge in [0.05, 0.1) is 6.04 Å². The van der Waals surface area contributed by atoms with Gasteiger partial charge in [-0.1, -0.05) is 50.2 Å². The van der Waals surface area contributed by atoms with Crippen molar-refractivity contribution in [3.63, 3.8) is 0 Å². The van der Waals surface area contributed by atoms with E-state index in [1.807, 2.05) is 56.3 Å². The number of fused-ring (bicyclic) bond motifs is 7. The molecule has 3 aromatic rings. The first-order valence-electron chi connectivity index (χ1n) is 12.5. The number of carbonyl (C=O) groups excluding carboxylic acids is 3. The Balaban J connectivity index is 1.52. The summed E-state index contributed by atoms with van der Waals surface area (Å²) >= 11 is 0. The van der Waals surface area contributed by atoms with Gasteiger partial charge in [-0.2, -0.15) is 0 Å². The lowest BCUT2D eigenvalue weighted by Crippen LogP contribution is -2.57. The Morgan fingerprint density at radius 1 is 1.05 bits per heavy atom. The first-order valence-corrected chi connectivity index (χ1v) is 12.5. The fraction of sp³-hybridized carbons (Fsp3) is 0.357. The molecule has 4 N–H and O–H groups in total. The smallest absolute Gasteiger partial charge is 0.325 e. The minimum Gasteiger partial charge on any atom is -0.480 e. The van der Waals surface area contributed by atoms with Gasteiger partial charge in [0.25, 0.3) is 5.91 Å². The number of aromatic nitrogens is 1. The summed E-state index contributed by atoms with van der Waals surface area (Å²) in [6.07, 6.45) is 0.621. The second-order valence-corrected chi connectivity index (χ2v) is 10.2. The third kappa shape index (κ3) is 4.24. The number of nitrogens with one attached hydrogen (secondary N) is 3. The topological polar surface area (TPSA) is 132 Å². The second-order valence-electron chi connectivity index (χ2n) is 10.2. The van der Waals surface area contributed by atoms with E-state index >= 15 is 0 Å². The molecule has 0 bridgehead atoms. The van der Waals surface area contributed by atoms with E-state index in [9.17, 15) is 24.3 Å². The number of amides is 3. The number of para-hydroxylation sites is 1. The third-order valence-corrected chi connectivity index (χ3v) is 7.22. The normalized spacial score (nSPS) is 19.7. The van der Waals surface area contributed by atoms with Crippen LogP contribution in [-0.2, 0) is 20.8 Å². The number of carboxylic acids is 1. The molecule has 9 nitrogen and oxygen atoms in total. The van der Waals surface area contributed by atoms with Gasteiger partial charge in [0, 0.05) is 28.6 Å². The molecular formula is C28H30N4O5. The summed E-state index contributed by atoms with van der Waals surface area (Å²) in [4.78, 5) is 56.7. The number of benzene rings is 2. The Kier molecular flexibility index (Phi) is 6.23. The van der Waals surface area contributed by atoms with E-state index in [1.165, 1.54) is 6.92 Å². The highest BCUT2D eigenvalue weighted by Gasteiger charge is 2.49. The van der Waals surface area contributed by atoms with Crippen molar-refractivity contribution in [3.8, 4) is 0 Å². The van der Waals surface area contributed by atoms with Crippen LogP contribution in [0.1, 0.15) is 60.4 Å². The van der Waals surface area contributed by atoms with E-state index in [-0.39, 0.29) is 11.8 Å². The summed E-state index contributed by atoms with van der Waals surface area (Å²) in [5.74, 6) is -2.33. The predicted molar refractivity (Wildman–Crippen MR) is 137 cm³/mol. The van der Waals surface area contributed by atoms with E-state index in [2.05, 4.69) is 15.6 Å². The molecule has 0 aliphatic carbocycles.